The summed E-state index contributed by atoms with van der Waals surface area (Å²) in [7, 11) is 0. The van der Waals surface area contributed by atoms with Crippen LogP contribution in [0.1, 0.15) is 31.2 Å². The quantitative estimate of drug-likeness (QED) is 0.278. The molecule has 48 heavy (non-hydrogen) atoms. The fraction of sp³-hybridized carbons (Fsp3) is 0.459. The SMILES string of the molecule is C#Cc1cccc2cc(O)cc(-c3c(F)cc4c(N5CC6CCC(C5)N6)nc(OCC5(CN6CCOC7(COC7)C6)CC5)nc4c3F)c12. The van der Waals surface area contributed by atoms with Crippen molar-refractivity contribution in [2.75, 3.05) is 64.1 Å². The van der Waals surface area contributed by atoms with Crippen molar-refractivity contribution in [2.24, 2.45) is 5.41 Å². The summed E-state index contributed by atoms with van der Waals surface area (Å²) in [6.45, 7) is 6.23. The predicted octanol–water partition coefficient (Wildman–Crippen LogP) is 4.62. The maximum absolute atomic E-state index is 16.9. The number of halogens is 2. The molecule has 11 heteroatoms. The maximum atomic E-state index is 16.9. The molecular formula is C37H37F2N5O4. The Hall–Kier alpha value is -4.08. The van der Waals surface area contributed by atoms with Gasteiger partial charge in [0.15, 0.2) is 5.82 Å². The van der Waals surface area contributed by atoms with Crippen molar-refractivity contribution < 1.29 is 28.1 Å². The molecule has 3 aromatic carbocycles. The summed E-state index contributed by atoms with van der Waals surface area (Å²) < 4.78 is 51.0. The smallest absolute Gasteiger partial charge is 0.319 e. The minimum atomic E-state index is -0.849. The summed E-state index contributed by atoms with van der Waals surface area (Å²) in [4.78, 5) is 14.0. The van der Waals surface area contributed by atoms with E-state index in [4.69, 9.17) is 25.6 Å². The fourth-order valence-corrected chi connectivity index (χ4v) is 8.19. The van der Waals surface area contributed by atoms with Gasteiger partial charge in [-0.3, -0.25) is 4.90 Å². The van der Waals surface area contributed by atoms with Crippen LogP contribution in [0, 0.1) is 29.4 Å². The van der Waals surface area contributed by atoms with E-state index in [-0.39, 0.29) is 56.9 Å². The number of nitrogens with one attached hydrogen (secondary N) is 1. The first-order chi connectivity index (χ1) is 23.3. The summed E-state index contributed by atoms with van der Waals surface area (Å²) in [6.07, 6.45) is 9.92. The van der Waals surface area contributed by atoms with Gasteiger partial charge in [-0.25, -0.2) is 8.78 Å². The number of aromatic hydroxyl groups is 1. The molecule has 4 saturated heterocycles. The van der Waals surface area contributed by atoms with Crippen LogP contribution in [0.25, 0.3) is 32.8 Å². The van der Waals surface area contributed by atoms with E-state index in [9.17, 15) is 5.11 Å². The van der Waals surface area contributed by atoms with Crippen molar-refractivity contribution in [3.63, 3.8) is 0 Å². The van der Waals surface area contributed by atoms with Gasteiger partial charge in [-0.1, -0.05) is 18.1 Å². The Kier molecular flexibility index (Phi) is 7.03. The number of hydrogen-bond acceptors (Lipinski definition) is 9. The number of fused-ring (bicyclic) bond motifs is 4. The van der Waals surface area contributed by atoms with Crippen molar-refractivity contribution in [1.29, 1.82) is 0 Å². The van der Waals surface area contributed by atoms with Crippen LogP contribution in [-0.2, 0) is 9.47 Å². The molecule has 9 nitrogen and oxygen atoms in total. The highest BCUT2D eigenvalue weighted by Crippen LogP contribution is 2.48. The van der Waals surface area contributed by atoms with E-state index in [1.165, 1.54) is 18.2 Å². The number of terminal acetylenes is 1. The van der Waals surface area contributed by atoms with Crippen molar-refractivity contribution in [1.82, 2.24) is 20.2 Å². The molecule has 2 unspecified atom stereocenters. The van der Waals surface area contributed by atoms with Gasteiger partial charge in [0.2, 0.25) is 0 Å². The third-order valence-electron chi connectivity index (χ3n) is 10.8. The van der Waals surface area contributed by atoms with Gasteiger partial charge in [0.25, 0.3) is 0 Å². The van der Waals surface area contributed by atoms with Crippen molar-refractivity contribution in [3.8, 4) is 35.2 Å². The molecule has 248 valence electrons. The Morgan fingerprint density at radius 3 is 2.65 bits per heavy atom. The Labute approximate surface area is 277 Å². The highest BCUT2D eigenvalue weighted by Gasteiger charge is 2.49. The first-order valence-corrected chi connectivity index (χ1v) is 16.8. The van der Waals surface area contributed by atoms with Gasteiger partial charge in [0.05, 0.1) is 32.0 Å². The molecule has 0 radical (unpaired) electrons. The lowest BCUT2D eigenvalue weighted by molar-refractivity contribution is -0.238. The normalized spacial score (nSPS) is 24.1. The predicted molar refractivity (Wildman–Crippen MR) is 177 cm³/mol. The van der Waals surface area contributed by atoms with Crippen LogP contribution in [0.4, 0.5) is 14.6 Å². The average molecular weight is 654 g/mol. The Balaban J connectivity index is 1.11. The topological polar surface area (TPSA) is 92.2 Å². The van der Waals surface area contributed by atoms with E-state index in [1.807, 2.05) is 0 Å². The van der Waals surface area contributed by atoms with Crippen LogP contribution in [0.5, 0.6) is 11.8 Å². The summed E-state index contributed by atoms with van der Waals surface area (Å²) in [6, 6.07) is 10.1. The number of rotatable bonds is 7. The van der Waals surface area contributed by atoms with Crippen LogP contribution < -0.4 is 15.0 Å². The second kappa shape index (κ2) is 11.2. The molecule has 1 aliphatic carbocycles. The lowest BCUT2D eigenvalue weighted by Crippen LogP contribution is -2.63. The van der Waals surface area contributed by atoms with Crippen LogP contribution in [-0.4, -0.2) is 96.8 Å². The van der Waals surface area contributed by atoms with Gasteiger partial charge in [-0.05, 0) is 55.3 Å². The van der Waals surface area contributed by atoms with Crippen LogP contribution >= 0.6 is 0 Å². The van der Waals surface area contributed by atoms with Gasteiger partial charge < -0.3 is 29.5 Å². The molecule has 2 N–H and O–H groups in total. The zero-order valence-electron chi connectivity index (χ0n) is 26.6. The average Bonchev–Trinajstić information content (AvgIpc) is 3.75. The van der Waals surface area contributed by atoms with Gasteiger partial charge >= 0.3 is 6.01 Å². The van der Waals surface area contributed by atoms with E-state index < -0.39 is 11.6 Å². The molecule has 5 aliphatic rings. The molecule has 2 atom stereocenters. The summed E-state index contributed by atoms with van der Waals surface area (Å²) in [5.41, 5.74) is 0.0553. The Bertz CT molecular complexity index is 1980. The zero-order chi connectivity index (χ0) is 32.6. The molecule has 2 bridgehead atoms. The molecule has 0 amide bonds. The Morgan fingerprint density at radius 2 is 1.92 bits per heavy atom. The first kappa shape index (κ1) is 30.0. The van der Waals surface area contributed by atoms with Gasteiger partial charge in [-0.2, -0.15) is 9.97 Å². The largest absolute Gasteiger partial charge is 0.508 e. The number of morpholine rings is 1. The third kappa shape index (κ3) is 5.13. The molecule has 5 heterocycles. The number of aromatic nitrogens is 2. The van der Waals surface area contributed by atoms with Crippen molar-refractivity contribution in [3.05, 3.63) is 53.6 Å². The van der Waals surface area contributed by atoms with E-state index in [0.29, 0.717) is 61.7 Å². The lowest BCUT2D eigenvalue weighted by atomic mass is 9.93. The minimum absolute atomic E-state index is 0.0306. The highest BCUT2D eigenvalue weighted by atomic mass is 19.1. The highest BCUT2D eigenvalue weighted by molar-refractivity contribution is 6.04. The zero-order valence-corrected chi connectivity index (χ0v) is 26.6. The maximum Gasteiger partial charge on any atom is 0.319 e. The van der Waals surface area contributed by atoms with Crippen LogP contribution in [0.15, 0.2) is 36.4 Å². The third-order valence-corrected chi connectivity index (χ3v) is 10.8. The molecule has 5 fully saturated rings. The summed E-state index contributed by atoms with van der Waals surface area (Å²) in [5.74, 6) is 1.33. The van der Waals surface area contributed by atoms with Gasteiger partial charge in [0, 0.05) is 72.1 Å². The minimum Gasteiger partial charge on any atom is -0.508 e. The molecule has 4 aromatic rings. The van der Waals surface area contributed by atoms with E-state index in [2.05, 4.69) is 26.0 Å². The molecule has 1 aromatic heterocycles. The second-order valence-electron chi connectivity index (χ2n) is 14.4. The van der Waals surface area contributed by atoms with Crippen molar-refractivity contribution in [2.45, 2.75) is 43.4 Å². The Morgan fingerprint density at radius 1 is 1.10 bits per heavy atom. The lowest BCUT2D eigenvalue weighted by Gasteiger charge is -2.48. The summed E-state index contributed by atoms with van der Waals surface area (Å²) in [5, 5.41) is 15.6. The standard InChI is InChI=1S/C37H37F2N5O4/c1-2-22-4-3-5-23-12-26(45)13-27(30(22)23)31-29(38)14-28-33(32(31)39)41-35(42-34(28)44-15-24-6-7-25(16-44)40-24)47-19-36(8-9-36)17-43-10-11-48-37(18-43)20-46-21-37/h1,3-5,12-14,24-25,40,45H,6-11,15-21H2. The number of phenols is 1. The number of hydrogen-bond donors (Lipinski definition) is 2. The van der Waals surface area contributed by atoms with Crippen molar-refractivity contribution >= 4 is 27.5 Å². The summed E-state index contributed by atoms with van der Waals surface area (Å²) >= 11 is 0. The second-order valence-corrected chi connectivity index (χ2v) is 14.4. The van der Waals surface area contributed by atoms with Crippen LogP contribution in [0.2, 0.25) is 0 Å². The van der Waals surface area contributed by atoms with Gasteiger partial charge in [0.1, 0.15) is 28.5 Å². The number of phenolic OH excluding ortho intramolecular Hbond substituents is 1. The monoisotopic (exact) mass is 653 g/mol. The molecular weight excluding hydrogens is 616 g/mol. The molecule has 1 saturated carbocycles. The van der Waals surface area contributed by atoms with E-state index in [1.54, 1.807) is 18.2 Å². The number of benzene rings is 3. The number of nitrogens with zero attached hydrogens (tertiary/aromatic N) is 4. The molecule has 9 rings (SSSR count). The van der Waals surface area contributed by atoms with E-state index >= 15 is 8.78 Å². The van der Waals surface area contributed by atoms with Crippen LogP contribution in [0.3, 0.4) is 0 Å². The molecule has 4 aliphatic heterocycles. The van der Waals surface area contributed by atoms with E-state index in [0.717, 1.165) is 45.3 Å². The number of ether oxygens (including phenoxy) is 3. The molecule has 1 spiro atoms. The number of anilines is 1. The fourth-order valence-electron chi connectivity index (χ4n) is 8.19. The first-order valence-electron chi connectivity index (χ1n) is 16.8. The number of piperazine rings is 1. The van der Waals surface area contributed by atoms with Gasteiger partial charge in [-0.15, -0.1) is 6.42 Å².